The van der Waals surface area contributed by atoms with E-state index in [2.05, 4.69) is 30.4 Å². The SMILES string of the molecule is CC1N=CC(=C2CCNCC2)C1C. The van der Waals surface area contributed by atoms with Crippen molar-refractivity contribution < 1.29 is 0 Å². The van der Waals surface area contributed by atoms with Crippen LogP contribution in [-0.4, -0.2) is 25.3 Å². The highest BCUT2D eigenvalue weighted by Crippen LogP contribution is 2.28. The average molecular weight is 178 g/mol. The molecule has 2 aliphatic heterocycles. The Morgan fingerprint density at radius 3 is 2.54 bits per heavy atom. The van der Waals surface area contributed by atoms with Crippen molar-refractivity contribution in [2.24, 2.45) is 10.9 Å². The molecular weight excluding hydrogens is 160 g/mol. The molecule has 2 nitrogen and oxygen atoms in total. The first kappa shape index (κ1) is 8.95. The zero-order chi connectivity index (χ0) is 9.26. The summed E-state index contributed by atoms with van der Waals surface area (Å²) in [6.45, 7) is 6.79. The summed E-state index contributed by atoms with van der Waals surface area (Å²) in [4.78, 5) is 4.47. The molecule has 0 radical (unpaired) electrons. The lowest BCUT2D eigenvalue weighted by atomic mass is 9.90. The number of hydrogen-bond acceptors (Lipinski definition) is 2. The molecule has 0 spiro atoms. The minimum atomic E-state index is 0.498. The Labute approximate surface area is 80.1 Å². The van der Waals surface area contributed by atoms with Crippen molar-refractivity contribution in [1.29, 1.82) is 0 Å². The number of rotatable bonds is 0. The molecule has 2 heterocycles. The molecule has 13 heavy (non-hydrogen) atoms. The lowest BCUT2D eigenvalue weighted by Crippen LogP contribution is -2.24. The van der Waals surface area contributed by atoms with Gasteiger partial charge in [-0.3, -0.25) is 4.99 Å². The molecule has 0 bridgehead atoms. The molecule has 0 aromatic rings. The molecule has 0 saturated carbocycles. The van der Waals surface area contributed by atoms with Gasteiger partial charge in [0.1, 0.15) is 0 Å². The van der Waals surface area contributed by atoms with Crippen molar-refractivity contribution in [1.82, 2.24) is 5.32 Å². The molecule has 1 saturated heterocycles. The maximum atomic E-state index is 4.47. The summed E-state index contributed by atoms with van der Waals surface area (Å²) in [7, 11) is 0. The number of piperidine rings is 1. The van der Waals surface area contributed by atoms with Crippen LogP contribution in [0.5, 0.6) is 0 Å². The molecule has 2 heteroatoms. The van der Waals surface area contributed by atoms with Crippen molar-refractivity contribution in [3.05, 3.63) is 11.1 Å². The van der Waals surface area contributed by atoms with E-state index in [0.717, 1.165) is 13.1 Å². The summed E-state index contributed by atoms with van der Waals surface area (Å²) >= 11 is 0. The van der Waals surface area contributed by atoms with Gasteiger partial charge in [-0.05, 0) is 38.4 Å². The van der Waals surface area contributed by atoms with Crippen LogP contribution in [0.15, 0.2) is 16.1 Å². The van der Waals surface area contributed by atoms with Gasteiger partial charge in [0.2, 0.25) is 0 Å². The molecule has 2 rings (SSSR count). The molecule has 72 valence electrons. The van der Waals surface area contributed by atoms with E-state index in [1.54, 1.807) is 5.57 Å². The summed E-state index contributed by atoms with van der Waals surface area (Å²) in [5.74, 6) is 0.646. The predicted octanol–water partition coefficient (Wildman–Crippen LogP) is 1.78. The molecule has 0 aromatic carbocycles. The number of aliphatic imine (C=N–C) groups is 1. The van der Waals surface area contributed by atoms with Gasteiger partial charge < -0.3 is 5.32 Å². The van der Waals surface area contributed by atoms with Crippen molar-refractivity contribution in [3.8, 4) is 0 Å². The summed E-state index contributed by atoms with van der Waals surface area (Å²) in [5.41, 5.74) is 3.16. The second-order valence-electron chi connectivity index (χ2n) is 4.12. The van der Waals surface area contributed by atoms with Crippen LogP contribution in [0.3, 0.4) is 0 Å². The van der Waals surface area contributed by atoms with E-state index < -0.39 is 0 Å². The Balaban J connectivity index is 2.18. The second-order valence-corrected chi connectivity index (χ2v) is 4.12. The fraction of sp³-hybridized carbons (Fsp3) is 0.727. The molecule has 1 fully saturated rings. The van der Waals surface area contributed by atoms with E-state index in [4.69, 9.17) is 0 Å². The Bertz CT molecular complexity index is 245. The van der Waals surface area contributed by atoms with Crippen LogP contribution in [-0.2, 0) is 0 Å². The van der Waals surface area contributed by atoms with Crippen LogP contribution in [0.2, 0.25) is 0 Å². The first-order valence-electron chi connectivity index (χ1n) is 5.25. The van der Waals surface area contributed by atoms with Gasteiger partial charge >= 0.3 is 0 Å². The molecule has 2 unspecified atom stereocenters. The van der Waals surface area contributed by atoms with Crippen LogP contribution in [0, 0.1) is 5.92 Å². The predicted molar refractivity (Wildman–Crippen MR) is 56.2 cm³/mol. The zero-order valence-corrected chi connectivity index (χ0v) is 8.51. The second kappa shape index (κ2) is 3.62. The molecule has 2 atom stereocenters. The smallest absolute Gasteiger partial charge is 0.0537 e. The highest BCUT2D eigenvalue weighted by molar-refractivity contribution is 5.83. The van der Waals surface area contributed by atoms with Crippen molar-refractivity contribution in [2.45, 2.75) is 32.7 Å². The zero-order valence-electron chi connectivity index (χ0n) is 8.51. The fourth-order valence-corrected chi connectivity index (χ4v) is 2.13. The topological polar surface area (TPSA) is 24.4 Å². The van der Waals surface area contributed by atoms with E-state index in [0.29, 0.717) is 12.0 Å². The molecule has 1 N–H and O–H groups in total. The highest BCUT2D eigenvalue weighted by atomic mass is 14.9. The van der Waals surface area contributed by atoms with Gasteiger partial charge in [-0.1, -0.05) is 12.5 Å². The minimum Gasteiger partial charge on any atom is -0.316 e. The lowest BCUT2D eigenvalue weighted by molar-refractivity contribution is 0.565. The standard InChI is InChI=1S/C11H18N2/c1-8-9(2)13-7-11(8)10-3-5-12-6-4-10/h7-9,12H,3-6H2,1-2H3. The van der Waals surface area contributed by atoms with Gasteiger partial charge in [0, 0.05) is 12.1 Å². The van der Waals surface area contributed by atoms with E-state index >= 15 is 0 Å². The van der Waals surface area contributed by atoms with E-state index in [9.17, 15) is 0 Å². The van der Waals surface area contributed by atoms with Crippen LogP contribution in [0.1, 0.15) is 26.7 Å². The van der Waals surface area contributed by atoms with Gasteiger partial charge in [0.25, 0.3) is 0 Å². The maximum Gasteiger partial charge on any atom is 0.0537 e. The van der Waals surface area contributed by atoms with Gasteiger partial charge in [-0.2, -0.15) is 0 Å². The summed E-state index contributed by atoms with van der Waals surface area (Å²) in [6, 6.07) is 0.498. The Hall–Kier alpha value is -0.630. The third-order valence-corrected chi connectivity index (χ3v) is 3.28. The van der Waals surface area contributed by atoms with Crippen LogP contribution in [0.4, 0.5) is 0 Å². The maximum absolute atomic E-state index is 4.47. The molecule has 0 aliphatic carbocycles. The largest absolute Gasteiger partial charge is 0.316 e. The van der Waals surface area contributed by atoms with E-state index in [1.165, 1.54) is 18.4 Å². The minimum absolute atomic E-state index is 0.498. The van der Waals surface area contributed by atoms with Crippen LogP contribution >= 0.6 is 0 Å². The Morgan fingerprint density at radius 2 is 2.00 bits per heavy atom. The van der Waals surface area contributed by atoms with Crippen LogP contribution < -0.4 is 5.32 Å². The normalized spacial score (nSPS) is 34.3. The monoisotopic (exact) mass is 178 g/mol. The fourth-order valence-electron chi connectivity index (χ4n) is 2.13. The third-order valence-electron chi connectivity index (χ3n) is 3.28. The number of nitrogens with zero attached hydrogens (tertiary/aromatic N) is 1. The van der Waals surface area contributed by atoms with Crippen molar-refractivity contribution in [3.63, 3.8) is 0 Å². The summed E-state index contributed by atoms with van der Waals surface area (Å²) in [5, 5.41) is 3.39. The van der Waals surface area contributed by atoms with Crippen molar-refractivity contribution >= 4 is 6.21 Å². The van der Waals surface area contributed by atoms with Crippen LogP contribution in [0.25, 0.3) is 0 Å². The van der Waals surface area contributed by atoms with Gasteiger partial charge in [0.05, 0.1) is 6.04 Å². The van der Waals surface area contributed by atoms with E-state index in [1.807, 2.05) is 0 Å². The highest BCUT2D eigenvalue weighted by Gasteiger charge is 2.23. The summed E-state index contributed by atoms with van der Waals surface area (Å²) in [6.07, 6.45) is 4.55. The molecule has 2 aliphatic rings. The van der Waals surface area contributed by atoms with Crippen molar-refractivity contribution in [2.75, 3.05) is 13.1 Å². The quantitative estimate of drug-likeness (QED) is 0.600. The lowest BCUT2D eigenvalue weighted by Gasteiger charge is -2.20. The number of hydrogen-bond donors (Lipinski definition) is 1. The van der Waals surface area contributed by atoms with Gasteiger partial charge in [-0.25, -0.2) is 0 Å². The van der Waals surface area contributed by atoms with Gasteiger partial charge in [-0.15, -0.1) is 0 Å². The molecule has 0 aromatic heterocycles. The number of nitrogens with one attached hydrogen (secondary N) is 1. The van der Waals surface area contributed by atoms with E-state index in [-0.39, 0.29) is 0 Å². The Kier molecular flexibility index (Phi) is 2.49. The molecular formula is C11H18N2. The first-order valence-corrected chi connectivity index (χ1v) is 5.25. The van der Waals surface area contributed by atoms with Gasteiger partial charge in [0.15, 0.2) is 0 Å². The molecule has 0 amide bonds. The average Bonchev–Trinajstić information content (AvgIpc) is 2.49. The Morgan fingerprint density at radius 1 is 1.31 bits per heavy atom. The third kappa shape index (κ3) is 1.68. The summed E-state index contributed by atoms with van der Waals surface area (Å²) < 4.78 is 0. The first-order chi connectivity index (χ1) is 6.29.